The molecule has 182 valence electrons. The van der Waals surface area contributed by atoms with E-state index < -0.39 is 42.4 Å². The van der Waals surface area contributed by atoms with Crippen LogP contribution in [0.5, 0.6) is 5.75 Å². The van der Waals surface area contributed by atoms with Crippen molar-refractivity contribution in [1.29, 1.82) is 0 Å². The van der Waals surface area contributed by atoms with Crippen LogP contribution >= 0.6 is 0 Å². The first-order valence-corrected chi connectivity index (χ1v) is 10.4. The van der Waals surface area contributed by atoms with Crippen molar-refractivity contribution in [2.24, 2.45) is 0 Å². The highest BCUT2D eigenvalue weighted by Crippen LogP contribution is 2.40. The Hall–Kier alpha value is -3.08. The number of halogens is 6. The van der Waals surface area contributed by atoms with E-state index in [1.807, 2.05) is 0 Å². The van der Waals surface area contributed by atoms with Crippen molar-refractivity contribution in [2.75, 3.05) is 20.4 Å². The quantitative estimate of drug-likeness (QED) is 0.429. The lowest BCUT2D eigenvalue weighted by Crippen LogP contribution is -2.21. The highest BCUT2D eigenvalue weighted by Gasteiger charge is 2.35. The second kappa shape index (κ2) is 9.28. The molecular formula is C23H21F6N3O2. The van der Waals surface area contributed by atoms with Crippen molar-refractivity contribution in [3.63, 3.8) is 0 Å². The van der Waals surface area contributed by atoms with Gasteiger partial charge in [-0.3, -0.25) is 4.98 Å². The van der Waals surface area contributed by atoms with Crippen LogP contribution in [-0.4, -0.2) is 41.0 Å². The molecule has 0 saturated carbocycles. The van der Waals surface area contributed by atoms with Gasteiger partial charge in [-0.25, -0.2) is 18.2 Å². The van der Waals surface area contributed by atoms with E-state index in [1.165, 1.54) is 18.2 Å². The number of aryl methyl sites for hydroxylation is 1. The number of imidazole rings is 1. The molecule has 1 aromatic carbocycles. The average Bonchev–Trinajstić information content (AvgIpc) is 3.00. The van der Waals surface area contributed by atoms with E-state index in [0.717, 1.165) is 13.2 Å². The summed E-state index contributed by atoms with van der Waals surface area (Å²) in [5.41, 5.74) is 0.657. The predicted octanol–water partition coefficient (Wildman–Crippen LogP) is 5.80. The summed E-state index contributed by atoms with van der Waals surface area (Å²) in [7, 11) is 1.13. The van der Waals surface area contributed by atoms with Crippen LogP contribution in [-0.2, 0) is 23.9 Å². The van der Waals surface area contributed by atoms with Gasteiger partial charge < -0.3 is 14.0 Å². The van der Waals surface area contributed by atoms with Crippen molar-refractivity contribution in [1.82, 2.24) is 14.5 Å². The number of methoxy groups -OCH3 is 1. The lowest BCUT2D eigenvalue weighted by Gasteiger charge is -2.16. The van der Waals surface area contributed by atoms with Crippen LogP contribution in [0.1, 0.15) is 29.1 Å². The Morgan fingerprint density at radius 2 is 1.91 bits per heavy atom. The first-order chi connectivity index (χ1) is 16.1. The van der Waals surface area contributed by atoms with Gasteiger partial charge in [0.1, 0.15) is 30.0 Å². The van der Waals surface area contributed by atoms with Gasteiger partial charge in [0.05, 0.1) is 31.5 Å². The van der Waals surface area contributed by atoms with Crippen molar-refractivity contribution >= 4 is 0 Å². The highest BCUT2D eigenvalue weighted by atomic mass is 19.4. The molecule has 0 aliphatic carbocycles. The maximum atomic E-state index is 13.5. The molecule has 1 unspecified atom stereocenters. The molecule has 0 saturated heterocycles. The van der Waals surface area contributed by atoms with Gasteiger partial charge in [0.25, 0.3) is 6.43 Å². The molecule has 0 fully saturated rings. The standard InChI is InChI=1S/C23H21F6N3O2/c1-12-7-14(8-17(30-12)21(25)26)20-18-5-6-34-15(10-24)11-32(18)22(31-20)13-3-4-16(23(27,28)29)19(9-13)33-2/h3-4,7-9,15,21H,5-6,10-11H2,1-2H3. The van der Waals surface area contributed by atoms with E-state index in [0.29, 0.717) is 34.6 Å². The van der Waals surface area contributed by atoms with E-state index in [1.54, 1.807) is 17.6 Å². The summed E-state index contributed by atoms with van der Waals surface area (Å²) in [5.74, 6) is -0.135. The normalized spacial score (nSPS) is 16.4. The second-order valence-electron chi connectivity index (χ2n) is 7.87. The maximum absolute atomic E-state index is 13.5. The zero-order valence-electron chi connectivity index (χ0n) is 18.3. The van der Waals surface area contributed by atoms with E-state index in [2.05, 4.69) is 9.97 Å². The van der Waals surface area contributed by atoms with Gasteiger partial charge in [-0.05, 0) is 31.2 Å². The molecule has 1 aliphatic heterocycles. The van der Waals surface area contributed by atoms with Gasteiger partial charge in [-0.1, -0.05) is 6.07 Å². The minimum absolute atomic E-state index is 0.0588. The Morgan fingerprint density at radius 3 is 2.56 bits per heavy atom. The highest BCUT2D eigenvalue weighted by molar-refractivity contribution is 5.70. The van der Waals surface area contributed by atoms with Gasteiger partial charge in [-0.2, -0.15) is 13.2 Å². The second-order valence-corrected chi connectivity index (χ2v) is 7.87. The van der Waals surface area contributed by atoms with Crippen LogP contribution in [0.2, 0.25) is 0 Å². The van der Waals surface area contributed by atoms with Crippen molar-refractivity contribution in [3.8, 4) is 28.4 Å². The van der Waals surface area contributed by atoms with Crippen LogP contribution in [0.4, 0.5) is 26.3 Å². The zero-order valence-corrected chi connectivity index (χ0v) is 18.3. The van der Waals surface area contributed by atoms with Crippen LogP contribution in [0, 0.1) is 6.92 Å². The fourth-order valence-corrected chi connectivity index (χ4v) is 4.07. The van der Waals surface area contributed by atoms with E-state index in [9.17, 15) is 26.3 Å². The monoisotopic (exact) mass is 485 g/mol. The summed E-state index contributed by atoms with van der Waals surface area (Å²) in [6.07, 6.45) is -7.89. The molecule has 1 atom stereocenters. The van der Waals surface area contributed by atoms with E-state index in [-0.39, 0.29) is 19.0 Å². The molecule has 34 heavy (non-hydrogen) atoms. The van der Waals surface area contributed by atoms with Gasteiger partial charge in [0.15, 0.2) is 0 Å². The summed E-state index contributed by atoms with van der Waals surface area (Å²) >= 11 is 0. The SMILES string of the molecule is COc1cc(-c2nc(-c3cc(C)nc(C(F)F)c3)c3n2CC(CF)OCC3)ccc1C(F)(F)F. The number of hydrogen-bond acceptors (Lipinski definition) is 4. The molecule has 3 heterocycles. The van der Waals surface area contributed by atoms with Crippen molar-refractivity contribution < 1.29 is 35.8 Å². The van der Waals surface area contributed by atoms with Gasteiger partial charge >= 0.3 is 6.18 Å². The van der Waals surface area contributed by atoms with Crippen LogP contribution < -0.4 is 4.74 Å². The largest absolute Gasteiger partial charge is 0.496 e. The number of hydrogen-bond donors (Lipinski definition) is 0. The van der Waals surface area contributed by atoms with Crippen molar-refractivity contribution in [2.45, 2.75) is 38.6 Å². The molecule has 3 aromatic rings. The third-order valence-electron chi connectivity index (χ3n) is 5.56. The molecule has 1 aliphatic rings. The summed E-state index contributed by atoms with van der Waals surface area (Å²) in [5, 5.41) is 0. The molecule has 0 spiro atoms. The number of pyridine rings is 1. The number of rotatable bonds is 5. The Kier molecular flexibility index (Phi) is 6.57. The Morgan fingerprint density at radius 1 is 1.15 bits per heavy atom. The van der Waals surface area contributed by atoms with Gasteiger partial charge in [-0.15, -0.1) is 0 Å². The number of alkyl halides is 6. The smallest absolute Gasteiger partial charge is 0.419 e. The van der Waals surface area contributed by atoms with E-state index in [4.69, 9.17) is 9.47 Å². The van der Waals surface area contributed by atoms with Crippen LogP contribution in [0.3, 0.4) is 0 Å². The summed E-state index contributed by atoms with van der Waals surface area (Å²) < 4.78 is 92.4. The Labute approximate surface area is 191 Å². The van der Waals surface area contributed by atoms with Gasteiger partial charge in [0, 0.05) is 28.9 Å². The summed E-state index contributed by atoms with van der Waals surface area (Å²) in [4.78, 5) is 8.48. The molecule has 4 rings (SSSR count). The van der Waals surface area contributed by atoms with Gasteiger partial charge in [0.2, 0.25) is 0 Å². The first-order valence-electron chi connectivity index (χ1n) is 10.4. The van der Waals surface area contributed by atoms with Crippen LogP contribution in [0.15, 0.2) is 30.3 Å². The van der Waals surface area contributed by atoms with Crippen molar-refractivity contribution in [3.05, 3.63) is 53.0 Å². The lowest BCUT2D eigenvalue weighted by atomic mass is 10.1. The van der Waals surface area contributed by atoms with E-state index >= 15 is 0 Å². The summed E-state index contributed by atoms with van der Waals surface area (Å²) in [6, 6.07) is 6.19. The zero-order chi connectivity index (χ0) is 24.6. The Balaban J connectivity index is 1.92. The number of fused-ring (bicyclic) bond motifs is 1. The number of ether oxygens (including phenoxy) is 2. The molecule has 0 amide bonds. The maximum Gasteiger partial charge on any atom is 0.419 e. The Bertz CT molecular complexity index is 1190. The number of aromatic nitrogens is 3. The average molecular weight is 485 g/mol. The third kappa shape index (κ3) is 4.61. The topological polar surface area (TPSA) is 49.2 Å². The summed E-state index contributed by atoms with van der Waals surface area (Å²) in [6.45, 7) is 1.04. The minimum Gasteiger partial charge on any atom is -0.496 e. The molecule has 0 N–H and O–H groups in total. The predicted molar refractivity (Wildman–Crippen MR) is 112 cm³/mol. The third-order valence-corrected chi connectivity index (χ3v) is 5.56. The molecular weight excluding hydrogens is 464 g/mol. The fourth-order valence-electron chi connectivity index (χ4n) is 4.07. The first kappa shape index (κ1) is 24.1. The van der Waals surface area contributed by atoms with Crippen LogP contribution in [0.25, 0.3) is 22.6 Å². The molecule has 2 aromatic heterocycles. The molecule has 0 radical (unpaired) electrons. The lowest BCUT2D eigenvalue weighted by molar-refractivity contribution is -0.138. The number of nitrogens with zero attached hydrogens (tertiary/aromatic N) is 3. The molecule has 0 bridgehead atoms. The number of benzene rings is 1. The fraction of sp³-hybridized carbons (Fsp3) is 0.391. The molecule has 11 heteroatoms. The molecule has 5 nitrogen and oxygen atoms in total. The minimum atomic E-state index is -4.62.